The van der Waals surface area contributed by atoms with E-state index < -0.39 is 12.0 Å². The van der Waals surface area contributed by atoms with Crippen LogP contribution in [-0.4, -0.2) is 23.0 Å². The van der Waals surface area contributed by atoms with Crippen molar-refractivity contribution in [3.8, 4) is 0 Å². The van der Waals surface area contributed by atoms with Gasteiger partial charge in [0.05, 0.1) is 0 Å². The van der Waals surface area contributed by atoms with Crippen LogP contribution in [-0.2, 0) is 9.59 Å². The van der Waals surface area contributed by atoms with Gasteiger partial charge in [-0.25, -0.2) is 4.79 Å². The zero-order valence-corrected chi connectivity index (χ0v) is 11.7. The standard InChI is InChI=1S/C15H25NO3/c1-2-13(15(18)19)16-14(17)12-8-7-10-5-3-4-6-11(10)9-12/h10-13H,2-9H2,1H3,(H,16,17)(H,18,19). The van der Waals surface area contributed by atoms with Crippen molar-refractivity contribution in [2.24, 2.45) is 17.8 Å². The van der Waals surface area contributed by atoms with Crippen LogP contribution < -0.4 is 5.32 Å². The van der Waals surface area contributed by atoms with Gasteiger partial charge in [0.1, 0.15) is 6.04 Å². The van der Waals surface area contributed by atoms with Crippen molar-refractivity contribution in [2.75, 3.05) is 0 Å². The van der Waals surface area contributed by atoms with Crippen molar-refractivity contribution in [1.82, 2.24) is 5.32 Å². The van der Waals surface area contributed by atoms with Crippen molar-refractivity contribution in [2.45, 2.75) is 64.3 Å². The second-order valence-corrected chi connectivity index (χ2v) is 6.12. The fourth-order valence-corrected chi connectivity index (χ4v) is 3.74. The first-order chi connectivity index (χ1) is 9.11. The maximum absolute atomic E-state index is 12.2. The SMILES string of the molecule is CCC(NC(=O)C1CCC2CCCCC2C1)C(=O)O. The molecule has 0 bridgehead atoms. The molecule has 4 nitrogen and oxygen atoms in total. The molecule has 19 heavy (non-hydrogen) atoms. The molecule has 108 valence electrons. The molecule has 1 amide bonds. The lowest BCUT2D eigenvalue weighted by atomic mass is 9.67. The molecule has 2 rings (SSSR count). The van der Waals surface area contributed by atoms with E-state index in [2.05, 4.69) is 5.32 Å². The highest BCUT2D eigenvalue weighted by atomic mass is 16.4. The summed E-state index contributed by atoms with van der Waals surface area (Å²) in [7, 11) is 0. The van der Waals surface area contributed by atoms with E-state index in [1.165, 1.54) is 25.7 Å². The third-order valence-corrected chi connectivity index (χ3v) is 4.93. The zero-order valence-electron chi connectivity index (χ0n) is 11.7. The molecule has 2 N–H and O–H groups in total. The first kappa shape index (κ1) is 14.4. The van der Waals surface area contributed by atoms with E-state index in [1.54, 1.807) is 6.92 Å². The summed E-state index contributed by atoms with van der Waals surface area (Å²) >= 11 is 0. The fourth-order valence-electron chi connectivity index (χ4n) is 3.74. The Morgan fingerprint density at radius 3 is 2.47 bits per heavy atom. The van der Waals surface area contributed by atoms with E-state index >= 15 is 0 Å². The number of carbonyl (C=O) groups is 2. The molecular weight excluding hydrogens is 242 g/mol. The maximum Gasteiger partial charge on any atom is 0.326 e. The van der Waals surface area contributed by atoms with Crippen molar-refractivity contribution >= 4 is 11.9 Å². The van der Waals surface area contributed by atoms with E-state index in [4.69, 9.17) is 5.11 Å². The van der Waals surface area contributed by atoms with Crippen molar-refractivity contribution < 1.29 is 14.7 Å². The van der Waals surface area contributed by atoms with Gasteiger partial charge in [-0.1, -0.05) is 32.6 Å². The molecule has 0 aromatic rings. The van der Waals surface area contributed by atoms with Crippen molar-refractivity contribution in [3.05, 3.63) is 0 Å². The molecule has 0 spiro atoms. The van der Waals surface area contributed by atoms with Crippen LogP contribution in [0.1, 0.15) is 58.3 Å². The van der Waals surface area contributed by atoms with E-state index in [1.807, 2.05) is 0 Å². The van der Waals surface area contributed by atoms with Crippen LogP contribution in [0.5, 0.6) is 0 Å². The van der Waals surface area contributed by atoms with Gasteiger partial charge in [-0.3, -0.25) is 4.79 Å². The first-order valence-corrected chi connectivity index (χ1v) is 7.65. The number of aliphatic carboxylic acids is 1. The summed E-state index contributed by atoms with van der Waals surface area (Å²) in [5, 5.41) is 11.7. The quantitative estimate of drug-likeness (QED) is 0.822. The van der Waals surface area contributed by atoms with Gasteiger partial charge in [-0.05, 0) is 37.5 Å². The smallest absolute Gasteiger partial charge is 0.326 e. The monoisotopic (exact) mass is 267 g/mol. The molecule has 0 aliphatic heterocycles. The number of hydrogen-bond donors (Lipinski definition) is 2. The minimum atomic E-state index is -0.929. The van der Waals surface area contributed by atoms with Gasteiger partial charge in [0.15, 0.2) is 0 Å². The molecule has 0 radical (unpaired) electrons. The highest BCUT2D eigenvalue weighted by molar-refractivity contribution is 5.84. The minimum absolute atomic E-state index is 0.0350. The highest BCUT2D eigenvalue weighted by Gasteiger charge is 2.35. The third-order valence-electron chi connectivity index (χ3n) is 4.93. The summed E-state index contributed by atoms with van der Waals surface area (Å²) in [5.74, 6) is 0.579. The average Bonchev–Trinajstić information content (AvgIpc) is 2.43. The summed E-state index contributed by atoms with van der Waals surface area (Å²) < 4.78 is 0. The van der Waals surface area contributed by atoms with E-state index in [9.17, 15) is 9.59 Å². The van der Waals surface area contributed by atoms with E-state index in [0.717, 1.165) is 25.2 Å². The van der Waals surface area contributed by atoms with Crippen LogP contribution in [0.2, 0.25) is 0 Å². The Morgan fingerprint density at radius 1 is 1.16 bits per heavy atom. The molecular formula is C15H25NO3. The van der Waals surface area contributed by atoms with E-state index in [0.29, 0.717) is 12.3 Å². The van der Waals surface area contributed by atoms with E-state index in [-0.39, 0.29) is 11.8 Å². The largest absolute Gasteiger partial charge is 0.480 e. The van der Waals surface area contributed by atoms with Gasteiger partial charge in [-0.2, -0.15) is 0 Å². The average molecular weight is 267 g/mol. The molecule has 2 aliphatic rings. The molecule has 4 atom stereocenters. The zero-order chi connectivity index (χ0) is 13.8. The third kappa shape index (κ3) is 3.48. The number of rotatable bonds is 4. The van der Waals surface area contributed by atoms with Crippen molar-refractivity contribution in [3.63, 3.8) is 0 Å². The summed E-state index contributed by atoms with van der Waals surface area (Å²) in [5.41, 5.74) is 0. The maximum atomic E-state index is 12.2. The second-order valence-electron chi connectivity index (χ2n) is 6.12. The number of nitrogens with one attached hydrogen (secondary N) is 1. The van der Waals surface area contributed by atoms with Crippen LogP contribution >= 0.6 is 0 Å². The molecule has 0 saturated heterocycles. The summed E-state index contributed by atoms with van der Waals surface area (Å²) in [6.45, 7) is 1.79. The van der Waals surface area contributed by atoms with Crippen molar-refractivity contribution in [1.29, 1.82) is 0 Å². The van der Waals surface area contributed by atoms with Crippen LogP contribution in [0, 0.1) is 17.8 Å². The summed E-state index contributed by atoms with van der Waals surface area (Å²) in [6, 6.07) is -0.725. The Balaban J connectivity index is 1.88. The Hall–Kier alpha value is -1.06. The van der Waals surface area contributed by atoms with Gasteiger partial charge in [0.25, 0.3) is 0 Å². The molecule has 0 aromatic heterocycles. The van der Waals surface area contributed by atoms with Gasteiger partial charge < -0.3 is 10.4 Å². The molecule has 4 unspecified atom stereocenters. The second kappa shape index (κ2) is 6.40. The summed E-state index contributed by atoms with van der Waals surface area (Å²) in [4.78, 5) is 23.1. The van der Waals surface area contributed by atoms with Crippen LogP contribution in [0.15, 0.2) is 0 Å². The number of hydrogen-bond acceptors (Lipinski definition) is 2. The Bertz CT molecular complexity index is 342. The number of amides is 1. The Morgan fingerprint density at radius 2 is 1.84 bits per heavy atom. The molecule has 0 aromatic carbocycles. The molecule has 4 heteroatoms. The predicted octanol–water partition coefficient (Wildman–Crippen LogP) is 2.57. The van der Waals surface area contributed by atoms with Gasteiger partial charge in [-0.15, -0.1) is 0 Å². The van der Waals surface area contributed by atoms with Crippen LogP contribution in [0.4, 0.5) is 0 Å². The van der Waals surface area contributed by atoms with Gasteiger partial charge in [0, 0.05) is 5.92 Å². The lowest BCUT2D eigenvalue weighted by Gasteiger charge is -2.38. The fraction of sp³-hybridized carbons (Fsp3) is 0.867. The molecule has 0 heterocycles. The normalized spacial score (nSPS) is 32.2. The first-order valence-electron chi connectivity index (χ1n) is 7.65. The number of fused-ring (bicyclic) bond motifs is 1. The van der Waals surface area contributed by atoms with Crippen LogP contribution in [0.3, 0.4) is 0 Å². The molecule has 2 fully saturated rings. The predicted molar refractivity (Wildman–Crippen MR) is 72.6 cm³/mol. The summed E-state index contributed by atoms with van der Waals surface area (Å²) in [6.07, 6.45) is 8.70. The number of carboxylic acids is 1. The Labute approximate surface area is 115 Å². The van der Waals surface area contributed by atoms with Gasteiger partial charge in [0.2, 0.25) is 5.91 Å². The number of carboxylic acid groups (broad SMARTS) is 1. The highest BCUT2D eigenvalue weighted by Crippen LogP contribution is 2.42. The molecule has 2 saturated carbocycles. The lowest BCUT2D eigenvalue weighted by molar-refractivity contribution is -0.143. The number of carbonyl (C=O) groups excluding carboxylic acids is 1. The van der Waals surface area contributed by atoms with Crippen LogP contribution in [0.25, 0.3) is 0 Å². The topological polar surface area (TPSA) is 66.4 Å². The minimum Gasteiger partial charge on any atom is -0.480 e. The molecule has 2 aliphatic carbocycles. The Kier molecular flexibility index (Phi) is 4.83. The lowest BCUT2D eigenvalue weighted by Crippen LogP contribution is -2.45. The van der Waals surface area contributed by atoms with Gasteiger partial charge >= 0.3 is 5.97 Å².